The molecule has 0 saturated carbocycles. The number of aromatic nitrogens is 3. The summed E-state index contributed by atoms with van der Waals surface area (Å²) in [6.07, 6.45) is -4.59. The molecule has 3 rings (SSSR count). The van der Waals surface area contributed by atoms with Crippen molar-refractivity contribution in [2.75, 3.05) is 20.3 Å². The van der Waals surface area contributed by atoms with Crippen LogP contribution in [0.2, 0.25) is 0 Å². The Hall–Kier alpha value is -3.73. The molecule has 0 aliphatic heterocycles. The minimum absolute atomic E-state index is 0.0673. The number of hydrogen-bond acceptors (Lipinski definition) is 5. The predicted octanol–water partition coefficient (Wildman–Crippen LogP) is 2.96. The smallest absolute Gasteiger partial charge is 0.383 e. The molecule has 3 aromatic rings. The maximum absolute atomic E-state index is 13.2. The van der Waals surface area contributed by atoms with Gasteiger partial charge in [-0.25, -0.2) is 4.79 Å². The van der Waals surface area contributed by atoms with Crippen LogP contribution in [0.4, 0.5) is 13.2 Å². The van der Waals surface area contributed by atoms with Crippen molar-refractivity contribution in [3.05, 3.63) is 91.8 Å². The maximum Gasteiger partial charge on any atom is 0.416 e. The fourth-order valence-electron chi connectivity index (χ4n) is 3.34. The molecule has 1 heterocycles. The van der Waals surface area contributed by atoms with E-state index in [0.717, 1.165) is 22.4 Å². The summed E-state index contributed by atoms with van der Waals surface area (Å²) in [7, 11) is 1.44. The number of ether oxygens (including phenoxy) is 1. The van der Waals surface area contributed by atoms with Crippen LogP contribution in [0.25, 0.3) is 5.69 Å². The van der Waals surface area contributed by atoms with Crippen LogP contribution in [-0.2, 0) is 17.5 Å². The Labute approximate surface area is 199 Å². The second-order valence-corrected chi connectivity index (χ2v) is 8.13. The maximum atomic E-state index is 13.2. The summed E-state index contributed by atoms with van der Waals surface area (Å²) in [5.74, 6) is -0.608. The molecule has 8 nitrogen and oxygen atoms in total. The van der Waals surface area contributed by atoms with Gasteiger partial charge >= 0.3 is 11.9 Å². The number of amides is 1. The first-order chi connectivity index (χ1) is 16.5. The van der Waals surface area contributed by atoms with Crippen molar-refractivity contribution in [1.82, 2.24) is 19.7 Å². The minimum Gasteiger partial charge on any atom is -0.383 e. The number of alkyl halides is 3. The summed E-state index contributed by atoms with van der Waals surface area (Å²) in [6.45, 7) is 3.79. The lowest BCUT2D eigenvalue weighted by Crippen LogP contribution is -2.46. The quantitative estimate of drug-likeness (QED) is 0.490. The lowest BCUT2D eigenvalue weighted by atomic mass is 10.0. The van der Waals surface area contributed by atoms with Crippen molar-refractivity contribution < 1.29 is 22.7 Å². The number of rotatable bonds is 8. The molecule has 1 amide bonds. The van der Waals surface area contributed by atoms with Gasteiger partial charge in [-0.1, -0.05) is 38.1 Å². The molecule has 0 saturated heterocycles. The normalized spacial score (nSPS) is 11.6. The number of nitrogens with zero attached hydrogens (tertiary/aromatic N) is 3. The van der Waals surface area contributed by atoms with E-state index in [4.69, 9.17) is 4.74 Å². The molecule has 0 aliphatic carbocycles. The molecule has 0 unspecified atom stereocenters. The van der Waals surface area contributed by atoms with Crippen molar-refractivity contribution in [1.29, 1.82) is 0 Å². The number of halogens is 3. The molecule has 1 aromatic heterocycles. The van der Waals surface area contributed by atoms with Gasteiger partial charge in [0, 0.05) is 13.7 Å². The highest BCUT2D eigenvalue weighted by Gasteiger charge is 2.30. The summed E-state index contributed by atoms with van der Waals surface area (Å²) in [4.78, 5) is 38.9. The van der Waals surface area contributed by atoms with Gasteiger partial charge in [0.1, 0.15) is 0 Å². The molecule has 1 N–H and O–H groups in total. The first-order valence-corrected chi connectivity index (χ1v) is 10.8. The van der Waals surface area contributed by atoms with Crippen molar-refractivity contribution in [3.8, 4) is 5.69 Å². The zero-order valence-electron chi connectivity index (χ0n) is 19.4. The van der Waals surface area contributed by atoms with Gasteiger partial charge in [0.05, 0.1) is 24.4 Å². The second-order valence-electron chi connectivity index (χ2n) is 8.13. The Bertz CT molecular complexity index is 1310. The van der Waals surface area contributed by atoms with Crippen molar-refractivity contribution in [2.24, 2.45) is 0 Å². The van der Waals surface area contributed by atoms with E-state index in [1.807, 2.05) is 13.8 Å². The average molecular weight is 490 g/mol. The average Bonchev–Trinajstić information content (AvgIpc) is 2.81. The van der Waals surface area contributed by atoms with E-state index in [2.05, 4.69) is 10.4 Å². The molecule has 0 atom stereocenters. The first-order valence-electron chi connectivity index (χ1n) is 10.8. The van der Waals surface area contributed by atoms with E-state index in [-0.39, 0.29) is 24.6 Å². The van der Waals surface area contributed by atoms with Gasteiger partial charge in [0.2, 0.25) is 5.69 Å². The van der Waals surface area contributed by atoms with Gasteiger partial charge in [-0.05, 0) is 41.3 Å². The number of benzene rings is 2. The van der Waals surface area contributed by atoms with Gasteiger partial charge in [0.25, 0.3) is 11.5 Å². The highest BCUT2D eigenvalue weighted by atomic mass is 19.4. The number of methoxy groups -OCH3 is 1. The van der Waals surface area contributed by atoms with Crippen LogP contribution in [-0.4, -0.2) is 40.5 Å². The van der Waals surface area contributed by atoms with E-state index in [1.165, 1.54) is 19.2 Å². The monoisotopic (exact) mass is 490 g/mol. The zero-order chi connectivity index (χ0) is 25.8. The number of nitrogens with one attached hydrogen (secondary N) is 1. The Morgan fingerprint density at radius 1 is 1.11 bits per heavy atom. The topological polar surface area (TPSA) is 95.2 Å². The van der Waals surface area contributed by atoms with Gasteiger partial charge < -0.3 is 10.1 Å². The Morgan fingerprint density at radius 3 is 2.40 bits per heavy atom. The molecule has 0 fully saturated rings. The molecule has 0 bridgehead atoms. The van der Waals surface area contributed by atoms with Crippen LogP contribution in [0.3, 0.4) is 0 Å². The Kier molecular flexibility index (Phi) is 7.90. The van der Waals surface area contributed by atoms with Crippen LogP contribution in [0.5, 0.6) is 0 Å². The van der Waals surface area contributed by atoms with E-state index in [1.54, 1.807) is 24.3 Å². The van der Waals surface area contributed by atoms with Gasteiger partial charge in [-0.15, -0.1) is 0 Å². The molecule has 35 heavy (non-hydrogen) atoms. The van der Waals surface area contributed by atoms with Crippen LogP contribution in [0, 0.1) is 0 Å². The van der Waals surface area contributed by atoms with Crippen molar-refractivity contribution >= 4 is 5.91 Å². The largest absolute Gasteiger partial charge is 0.416 e. The first kappa shape index (κ1) is 25.9. The van der Waals surface area contributed by atoms with Crippen molar-refractivity contribution in [2.45, 2.75) is 32.5 Å². The van der Waals surface area contributed by atoms with E-state index < -0.39 is 41.1 Å². The molecular formula is C24H25F3N4O4. The zero-order valence-corrected chi connectivity index (χ0v) is 19.4. The predicted molar refractivity (Wildman–Crippen MR) is 123 cm³/mol. The van der Waals surface area contributed by atoms with Gasteiger partial charge in [-0.3, -0.25) is 14.2 Å². The fourth-order valence-corrected chi connectivity index (χ4v) is 3.34. The summed E-state index contributed by atoms with van der Waals surface area (Å²) >= 11 is 0. The Morgan fingerprint density at radius 2 is 1.80 bits per heavy atom. The SMILES string of the molecule is COCCNC(=O)c1nn(-c2ccc(C(C)C)cc2)c(=O)n(Cc2cccc(C(F)(F)F)c2)c1=O. The van der Waals surface area contributed by atoms with Crippen LogP contribution < -0.4 is 16.6 Å². The summed E-state index contributed by atoms with van der Waals surface area (Å²) in [6, 6.07) is 11.1. The molecular weight excluding hydrogens is 465 g/mol. The molecule has 0 aliphatic rings. The summed E-state index contributed by atoms with van der Waals surface area (Å²) in [5, 5.41) is 6.47. The minimum atomic E-state index is -4.59. The van der Waals surface area contributed by atoms with E-state index in [0.29, 0.717) is 10.3 Å². The molecule has 2 aromatic carbocycles. The van der Waals surface area contributed by atoms with Crippen LogP contribution in [0.1, 0.15) is 46.9 Å². The third-order valence-electron chi connectivity index (χ3n) is 5.27. The summed E-state index contributed by atoms with van der Waals surface area (Å²) in [5.41, 5.74) is -2.03. The number of carbonyl (C=O) groups is 1. The highest BCUT2D eigenvalue weighted by Crippen LogP contribution is 2.29. The Balaban J connectivity index is 2.14. The van der Waals surface area contributed by atoms with Crippen molar-refractivity contribution in [3.63, 3.8) is 0 Å². The van der Waals surface area contributed by atoms with Crippen LogP contribution in [0.15, 0.2) is 58.1 Å². The molecule has 186 valence electrons. The standard InChI is InChI=1S/C24H25F3N4O4/c1-15(2)17-7-9-19(10-8-17)31-23(34)30(14-16-5-4-6-18(13-16)24(25,26)27)22(33)20(29-31)21(32)28-11-12-35-3/h4-10,13,15H,11-12,14H2,1-3H3,(H,28,32). The second kappa shape index (κ2) is 10.7. The van der Waals surface area contributed by atoms with E-state index >= 15 is 0 Å². The fraction of sp³-hybridized carbons (Fsp3) is 0.333. The lowest BCUT2D eigenvalue weighted by Gasteiger charge is -2.14. The third kappa shape index (κ3) is 6.04. The number of carbonyl (C=O) groups excluding carboxylic acids is 1. The summed E-state index contributed by atoms with van der Waals surface area (Å²) < 4.78 is 45.9. The lowest BCUT2D eigenvalue weighted by molar-refractivity contribution is -0.137. The van der Waals surface area contributed by atoms with Crippen LogP contribution >= 0.6 is 0 Å². The van der Waals surface area contributed by atoms with Gasteiger partial charge in [-0.2, -0.15) is 23.0 Å². The highest BCUT2D eigenvalue weighted by molar-refractivity contribution is 5.91. The molecule has 11 heteroatoms. The molecule has 0 spiro atoms. The van der Waals surface area contributed by atoms with E-state index in [9.17, 15) is 27.6 Å². The third-order valence-corrected chi connectivity index (χ3v) is 5.27. The van der Waals surface area contributed by atoms with Gasteiger partial charge in [0.15, 0.2) is 0 Å². The number of hydrogen-bond donors (Lipinski definition) is 1. The molecule has 0 radical (unpaired) electrons.